The molecule has 27 heavy (non-hydrogen) atoms. The first-order valence-corrected chi connectivity index (χ1v) is 10.2. The largest absolute Gasteiger partial charge is 0.493 e. The normalized spacial score (nSPS) is 14.1. The predicted molar refractivity (Wildman–Crippen MR) is 97.8 cm³/mol. The molecule has 1 aliphatic rings. The molecule has 1 amide bonds. The van der Waals surface area contributed by atoms with E-state index in [1.165, 1.54) is 18.2 Å². The van der Waals surface area contributed by atoms with E-state index >= 15 is 0 Å². The predicted octanol–water partition coefficient (Wildman–Crippen LogP) is 1.89. The molecule has 0 aliphatic carbocycles. The molecule has 0 spiro atoms. The summed E-state index contributed by atoms with van der Waals surface area (Å²) in [7, 11) is -3.50. The molecule has 1 atom stereocenters. The molecule has 0 saturated heterocycles. The van der Waals surface area contributed by atoms with Gasteiger partial charge in [0.25, 0.3) is 5.91 Å². The van der Waals surface area contributed by atoms with Crippen molar-refractivity contribution >= 4 is 21.7 Å². The minimum absolute atomic E-state index is 0.0386. The fraction of sp³-hybridized carbons (Fsp3) is 0.263. The number of carbonyl (C=O) groups is 2. The molecule has 3 rings (SSSR count). The molecule has 8 heteroatoms. The number of carboxylic acids is 1. The van der Waals surface area contributed by atoms with Crippen molar-refractivity contribution in [2.24, 2.45) is 0 Å². The average Bonchev–Trinajstić information content (AvgIpc) is 3.06. The van der Waals surface area contributed by atoms with Crippen LogP contribution in [-0.4, -0.2) is 38.3 Å². The van der Waals surface area contributed by atoms with E-state index in [-0.39, 0.29) is 10.5 Å². The van der Waals surface area contributed by atoms with Crippen LogP contribution in [0.1, 0.15) is 33.1 Å². The van der Waals surface area contributed by atoms with Crippen LogP contribution in [0, 0.1) is 6.92 Å². The summed E-state index contributed by atoms with van der Waals surface area (Å²) < 4.78 is 29.1. The Morgan fingerprint density at radius 1 is 1.19 bits per heavy atom. The van der Waals surface area contributed by atoms with Crippen LogP contribution in [0.25, 0.3) is 0 Å². The highest BCUT2D eigenvalue weighted by Crippen LogP contribution is 2.28. The van der Waals surface area contributed by atoms with Crippen LogP contribution in [0.15, 0.2) is 41.3 Å². The summed E-state index contributed by atoms with van der Waals surface area (Å²) in [6, 6.07) is 7.98. The highest BCUT2D eigenvalue weighted by atomic mass is 32.2. The fourth-order valence-corrected chi connectivity index (χ4v) is 4.02. The highest BCUT2D eigenvalue weighted by Gasteiger charge is 2.25. The molecular weight excluding hydrogens is 370 g/mol. The second-order valence-corrected chi connectivity index (χ2v) is 8.45. The van der Waals surface area contributed by atoms with Crippen molar-refractivity contribution in [3.05, 3.63) is 58.7 Å². The minimum Gasteiger partial charge on any atom is -0.493 e. The molecule has 0 fully saturated rings. The summed E-state index contributed by atoms with van der Waals surface area (Å²) in [5.41, 5.74) is 1.91. The SMILES string of the molecule is Cc1ccc(C(=O)NC(C(=O)O)c2ccc3c(c2)CCO3)cc1S(C)(=O)=O. The monoisotopic (exact) mass is 389 g/mol. The molecule has 0 bridgehead atoms. The van der Waals surface area contributed by atoms with Crippen molar-refractivity contribution in [3.8, 4) is 5.75 Å². The molecule has 2 aromatic rings. The van der Waals surface area contributed by atoms with Crippen LogP contribution in [0.3, 0.4) is 0 Å². The number of benzene rings is 2. The summed E-state index contributed by atoms with van der Waals surface area (Å²) in [5, 5.41) is 12.0. The number of fused-ring (bicyclic) bond motifs is 1. The minimum atomic E-state index is -3.50. The van der Waals surface area contributed by atoms with Crippen molar-refractivity contribution in [2.75, 3.05) is 12.9 Å². The van der Waals surface area contributed by atoms with Gasteiger partial charge in [-0.25, -0.2) is 13.2 Å². The molecule has 0 radical (unpaired) electrons. The topological polar surface area (TPSA) is 110 Å². The van der Waals surface area contributed by atoms with Gasteiger partial charge in [0, 0.05) is 18.2 Å². The quantitative estimate of drug-likeness (QED) is 0.808. The Kier molecular flexibility index (Phi) is 4.93. The fourth-order valence-electron chi connectivity index (χ4n) is 3.03. The van der Waals surface area contributed by atoms with Gasteiger partial charge in [-0.3, -0.25) is 4.79 Å². The zero-order chi connectivity index (χ0) is 19.8. The van der Waals surface area contributed by atoms with Crippen LogP contribution in [0.2, 0.25) is 0 Å². The van der Waals surface area contributed by atoms with E-state index < -0.39 is 27.8 Å². The van der Waals surface area contributed by atoms with Crippen molar-refractivity contribution in [3.63, 3.8) is 0 Å². The number of carbonyl (C=O) groups excluding carboxylic acids is 1. The van der Waals surface area contributed by atoms with E-state index in [0.29, 0.717) is 29.9 Å². The molecule has 1 unspecified atom stereocenters. The summed E-state index contributed by atoms with van der Waals surface area (Å²) in [5.74, 6) is -1.16. The van der Waals surface area contributed by atoms with Crippen LogP contribution in [-0.2, 0) is 21.1 Å². The smallest absolute Gasteiger partial charge is 0.330 e. The van der Waals surface area contributed by atoms with Crippen molar-refractivity contribution in [2.45, 2.75) is 24.3 Å². The molecule has 0 aromatic heterocycles. The van der Waals surface area contributed by atoms with Gasteiger partial charge in [0.2, 0.25) is 0 Å². The number of nitrogens with one attached hydrogen (secondary N) is 1. The molecule has 1 aliphatic heterocycles. The lowest BCUT2D eigenvalue weighted by atomic mass is 10.0. The Morgan fingerprint density at radius 2 is 1.93 bits per heavy atom. The lowest BCUT2D eigenvalue weighted by Gasteiger charge is -2.16. The van der Waals surface area contributed by atoms with Gasteiger partial charge in [-0.05, 0) is 47.9 Å². The molecular formula is C19H19NO6S. The van der Waals surface area contributed by atoms with E-state index in [0.717, 1.165) is 11.8 Å². The maximum absolute atomic E-state index is 12.6. The lowest BCUT2D eigenvalue weighted by molar-refractivity contribution is -0.139. The number of rotatable bonds is 5. The van der Waals surface area contributed by atoms with Gasteiger partial charge in [-0.2, -0.15) is 0 Å². The Bertz CT molecular complexity index is 1030. The first-order chi connectivity index (χ1) is 12.7. The number of aliphatic carboxylic acids is 1. The molecule has 2 N–H and O–H groups in total. The van der Waals surface area contributed by atoms with Gasteiger partial charge in [0.05, 0.1) is 11.5 Å². The second kappa shape index (κ2) is 7.03. The van der Waals surface area contributed by atoms with E-state index in [2.05, 4.69) is 5.32 Å². The summed E-state index contributed by atoms with van der Waals surface area (Å²) in [6.45, 7) is 2.17. The first-order valence-electron chi connectivity index (χ1n) is 8.27. The summed E-state index contributed by atoms with van der Waals surface area (Å²) >= 11 is 0. The Hall–Kier alpha value is -2.87. The Labute approximate surface area is 156 Å². The standard InChI is InChI=1S/C19H19NO6S/c1-11-3-4-14(10-16(11)27(2,24)25)18(21)20-17(19(22)23)13-5-6-15-12(9-13)7-8-26-15/h3-6,9-10,17H,7-8H2,1-2H3,(H,20,21)(H,22,23). The Balaban J connectivity index is 1.90. The van der Waals surface area contributed by atoms with Gasteiger partial charge in [-0.1, -0.05) is 12.1 Å². The zero-order valence-electron chi connectivity index (χ0n) is 14.9. The number of carboxylic acid groups (broad SMARTS) is 1. The van der Waals surface area contributed by atoms with Gasteiger partial charge in [0.15, 0.2) is 15.9 Å². The van der Waals surface area contributed by atoms with Crippen LogP contribution < -0.4 is 10.1 Å². The van der Waals surface area contributed by atoms with Crippen LogP contribution >= 0.6 is 0 Å². The van der Waals surface area contributed by atoms with Gasteiger partial charge in [0.1, 0.15) is 5.75 Å². The number of sulfone groups is 1. The highest BCUT2D eigenvalue weighted by molar-refractivity contribution is 7.90. The van der Waals surface area contributed by atoms with E-state index in [1.807, 2.05) is 0 Å². The van der Waals surface area contributed by atoms with Crippen LogP contribution in [0.4, 0.5) is 0 Å². The maximum atomic E-state index is 12.6. The van der Waals surface area contributed by atoms with Crippen LogP contribution in [0.5, 0.6) is 5.75 Å². The number of hydrogen-bond donors (Lipinski definition) is 2. The molecule has 1 heterocycles. The van der Waals surface area contributed by atoms with Gasteiger partial charge in [-0.15, -0.1) is 0 Å². The third kappa shape index (κ3) is 3.95. The molecule has 142 valence electrons. The maximum Gasteiger partial charge on any atom is 0.330 e. The second-order valence-electron chi connectivity index (χ2n) is 6.46. The molecule has 7 nitrogen and oxygen atoms in total. The van der Waals surface area contributed by atoms with E-state index in [1.54, 1.807) is 25.1 Å². The molecule has 2 aromatic carbocycles. The van der Waals surface area contributed by atoms with E-state index in [4.69, 9.17) is 4.74 Å². The zero-order valence-corrected chi connectivity index (χ0v) is 15.7. The van der Waals surface area contributed by atoms with Crippen molar-refractivity contribution < 1.29 is 27.9 Å². The summed E-state index contributed by atoms with van der Waals surface area (Å²) in [4.78, 5) is 24.3. The number of aryl methyl sites for hydroxylation is 1. The number of hydrogen-bond acceptors (Lipinski definition) is 5. The number of amides is 1. The third-order valence-corrected chi connectivity index (χ3v) is 5.66. The summed E-state index contributed by atoms with van der Waals surface area (Å²) in [6.07, 6.45) is 1.74. The third-order valence-electron chi connectivity index (χ3n) is 4.42. The first kappa shape index (κ1) is 18.9. The Morgan fingerprint density at radius 3 is 2.59 bits per heavy atom. The van der Waals surface area contributed by atoms with Gasteiger partial charge < -0.3 is 15.2 Å². The average molecular weight is 389 g/mol. The lowest BCUT2D eigenvalue weighted by Crippen LogP contribution is -2.33. The van der Waals surface area contributed by atoms with Crippen molar-refractivity contribution in [1.82, 2.24) is 5.32 Å². The van der Waals surface area contributed by atoms with Crippen molar-refractivity contribution in [1.29, 1.82) is 0 Å². The number of ether oxygens (including phenoxy) is 1. The molecule has 0 saturated carbocycles. The van der Waals surface area contributed by atoms with E-state index in [9.17, 15) is 23.1 Å². The van der Waals surface area contributed by atoms with Gasteiger partial charge >= 0.3 is 5.97 Å².